The van der Waals surface area contributed by atoms with Gasteiger partial charge in [-0.25, -0.2) is 0 Å². The van der Waals surface area contributed by atoms with Crippen LogP contribution >= 0.6 is 0 Å². The first-order chi connectivity index (χ1) is 7.19. The predicted octanol–water partition coefficient (Wildman–Crippen LogP) is 1.87. The number of benzene rings is 1. The van der Waals surface area contributed by atoms with Crippen LogP contribution < -0.4 is 5.73 Å². The van der Waals surface area contributed by atoms with Gasteiger partial charge in [0.1, 0.15) is 0 Å². The van der Waals surface area contributed by atoms with Crippen LogP contribution in [0, 0.1) is 0 Å². The van der Waals surface area contributed by atoms with Gasteiger partial charge in [0.25, 0.3) is 0 Å². The van der Waals surface area contributed by atoms with Crippen molar-refractivity contribution in [1.29, 1.82) is 0 Å². The topological polar surface area (TPSA) is 44.5 Å². The fourth-order valence-electron chi connectivity index (χ4n) is 1.61. The van der Waals surface area contributed by atoms with E-state index in [4.69, 9.17) is 15.2 Å². The molecule has 1 atom stereocenters. The lowest BCUT2D eigenvalue weighted by Crippen LogP contribution is -2.18. The van der Waals surface area contributed by atoms with E-state index in [0.29, 0.717) is 0 Å². The molecule has 0 saturated carbocycles. The molecule has 0 aromatic heterocycles. The van der Waals surface area contributed by atoms with Crippen LogP contribution in [0.15, 0.2) is 24.3 Å². The molecule has 0 spiro atoms. The van der Waals surface area contributed by atoms with Crippen molar-refractivity contribution in [2.75, 3.05) is 14.2 Å². The Labute approximate surface area is 91.2 Å². The Kier molecular flexibility index (Phi) is 4.75. The third-order valence-electron chi connectivity index (χ3n) is 2.46. The maximum atomic E-state index is 5.89. The number of rotatable bonds is 5. The lowest BCUT2D eigenvalue weighted by atomic mass is 9.99. The molecule has 0 amide bonds. The van der Waals surface area contributed by atoms with E-state index in [1.807, 2.05) is 25.1 Å². The first-order valence-corrected chi connectivity index (χ1v) is 5.08. The zero-order valence-electron chi connectivity index (χ0n) is 9.57. The number of nitrogens with two attached hydrogens (primary N) is 1. The van der Waals surface area contributed by atoms with Crippen LogP contribution in [-0.4, -0.2) is 20.5 Å². The van der Waals surface area contributed by atoms with Crippen molar-refractivity contribution in [3.05, 3.63) is 35.4 Å². The zero-order chi connectivity index (χ0) is 11.3. The molecule has 3 nitrogen and oxygen atoms in total. The molecule has 0 bridgehead atoms. The van der Waals surface area contributed by atoms with Gasteiger partial charge in [-0.2, -0.15) is 0 Å². The van der Waals surface area contributed by atoms with Gasteiger partial charge in [-0.1, -0.05) is 24.3 Å². The van der Waals surface area contributed by atoms with Crippen molar-refractivity contribution < 1.29 is 9.47 Å². The highest BCUT2D eigenvalue weighted by Crippen LogP contribution is 2.18. The van der Waals surface area contributed by atoms with Crippen LogP contribution in [0.5, 0.6) is 0 Å². The predicted molar refractivity (Wildman–Crippen MR) is 60.6 cm³/mol. The molecule has 2 N–H and O–H groups in total. The van der Waals surface area contributed by atoms with Gasteiger partial charge in [-0.05, 0) is 18.1 Å². The van der Waals surface area contributed by atoms with Crippen molar-refractivity contribution in [3.63, 3.8) is 0 Å². The SMILES string of the molecule is COC(Cc1ccccc1C(C)N)OC. The lowest BCUT2D eigenvalue weighted by molar-refractivity contribution is -0.100. The number of methoxy groups -OCH3 is 2. The molecule has 0 aliphatic heterocycles. The molecule has 0 aliphatic rings. The van der Waals surface area contributed by atoms with Crippen molar-refractivity contribution in [2.45, 2.75) is 25.7 Å². The Hall–Kier alpha value is -0.900. The van der Waals surface area contributed by atoms with E-state index >= 15 is 0 Å². The zero-order valence-corrected chi connectivity index (χ0v) is 9.57. The van der Waals surface area contributed by atoms with Crippen molar-refractivity contribution in [1.82, 2.24) is 0 Å². The summed E-state index contributed by atoms with van der Waals surface area (Å²) in [6.07, 6.45) is 0.523. The van der Waals surface area contributed by atoms with Gasteiger partial charge in [-0.15, -0.1) is 0 Å². The fraction of sp³-hybridized carbons (Fsp3) is 0.500. The lowest BCUT2D eigenvalue weighted by Gasteiger charge is -2.17. The Morgan fingerprint density at radius 2 is 1.80 bits per heavy atom. The normalized spacial score (nSPS) is 13.1. The van der Waals surface area contributed by atoms with Crippen LogP contribution in [0.4, 0.5) is 0 Å². The highest BCUT2D eigenvalue weighted by atomic mass is 16.7. The summed E-state index contributed by atoms with van der Waals surface area (Å²) in [6.45, 7) is 1.98. The van der Waals surface area contributed by atoms with Gasteiger partial charge in [0.05, 0.1) is 0 Å². The van der Waals surface area contributed by atoms with Crippen LogP contribution in [0.3, 0.4) is 0 Å². The summed E-state index contributed by atoms with van der Waals surface area (Å²) in [5, 5.41) is 0. The molecule has 1 aromatic rings. The standard InChI is InChI=1S/C12H19NO2/c1-9(13)11-7-5-4-6-10(11)8-12(14-2)15-3/h4-7,9,12H,8,13H2,1-3H3. The molecule has 0 fully saturated rings. The maximum absolute atomic E-state index is 5.89. The van der Waals surface area contributed by atoms with Crippen LogP contribution in [0.1, 0.15) is 24.1 Å². The molecule has 1 aromatic carbocycles. The molecule has 15 heavy (non-hydrogen) atoms. The minimum Gasteiger partial charge on any atom is -0.356 e. The minimum absolute atomic E-state index is 0.0376. The maximum Gasteiger partial charge on any atom is 0.160 e. The van der Waals surface area contributed by atoms with Gasteiger partial charge < -0.3 is 15.2 Å². The van der Waals surface area contributed by atoms with Crippen LogP contribution in [-0.2, 0) is 15.9 Å². The molecule has 0 heterocycles. The number of hydrogen-bond donors (Lipinski definition) is 1. The Balaban J connectivity index is 2.83. The van der Waals surface area contributed by atoms with Crippen LogP contribution in [0.25, 0.3) is 0 Å². The molecule has 1 unspecified atom stereocenters. The van der Waals surface area contributed by atoms with E-state index in [1.165, 1.54) is 5.56 Å². The monoisotopic (exact) mass is 209 g/mol. The molecular formula is C12H19NO2. The Morgan fingerprint density at radius 3 is 2.33 bits per heavy atom. The van der Waals surface area contributed by atoms with Gasteiger partial charge >= 0.3 is 0 Å². The van der Waals surface area contributed by atoms with Gasteiger partial charge in [-0.3, -0.25) is 0 Å². The van der Waals surface area contributed by atoms with Gasteiger partial charge in [0.15, 0.2) is 6.29 Å². The quantitative estimate of drug-likeness (QED) is 0.753. The summed E-state index contributed by atoms with van der Waals surface area (Å²) < 4.78 is 10.4. The molecule has 0 saturated heterocycles. The second-order valence-electron chi connectivity index (χ2n) is 3.59. The molecule has 1 rings (SSSR count). The van der Waals surface area contributed by atoms with E-state index in [0.717, 1.165) is 12.0 Å². The molecule has 84 valence electrons. The second kappa shape index (κ2) is 5.85. The third kappa shape index (κ3) is 3.30. The average molecular weight is 209 g/mol. The van der Waals surface area contributed by atoms with E-state index in [-0.39, 0.29) is 12.3 Å². The van der Waals surface area contributed by atoms with Crippen molar-refractivity contribution in [3.8, 4) is 0 Å². The number of ether oxygens (including phenoxy) is 2. The molecular weight excluding hydrogens is 190 g/mol. The second-order valence-corrected chi connectivity index (χ2v) is 3.59. The van der Waals surface area contributed by atoms with Crippen molar-refractivity contribution >= 4 is 0 Å². The van der Waals surface area contributed by atoms with Gasteiger partial charge in [0.2, 0.25) is 0 Å². The van der Waals surface area contributed by atoms with E-state index < -0.39 is 0 Å². The summed E-state index contributed by atoms with van der Waals surface area (Å²) >= 11 is 0. The first kappa shape index (κ1) is 12.2. The van der Waals surface area contributed by atoms with Crippen molar-refractivity contribution in [2.24, 2.45) is 5.73 Å². The van der Waals surface area contributed by atoms with E-state index in [2.05, 4.69) is 6.07 Å². The highest BCUT2D eigenvalue weighted by molar-refractivity contribution is 5.29. The van der Waals surface area contributed by atoms with Gasteiger partial charge in [0, 0.05) is 26.7 Å². The minimum atomic E-state index is -0.204. The fourth-order valence-corrected chi connectivity index (χ4v) is 1.61. The summed E-state index contributed by atoms with van der Waals surface area (Å²) in [5.74, 6) is 0. The summed E-state index contributed by atoms with van der Waals surface area (Å²) in [4.78, 5) is 0. The number of hydrogen-bond acceptors (Lipinski definition) is 3. The smallest absolute Gasteiger partial charge is 0.160 e. The third-order valence-corrected chi connectivity index (χ3v) is 2.46. The average Bonchev–Trinajstić information content (AvgIpc) is 2.26. The van der Waals surface area contributed by atoms with E-state index in [1.54, 1.807) is 14.2 Å². The largest absolute Gasteiger partial charge is 0.356 e. The highest BCUT2D eigenvalue weighted by Gasteiger charge is 2.11. The molecule has 3 heteroatoms. The summed E-state index contributed by atoms with van der Waals surface area (Å²) in [6, 6.07) is 8.14. The summed E-state index contributed by atoms with van der Waals surface area (Å²) in [5.41, 5.74) is 8.22. The Bertz CT molecular complexity index is 295. The van der Waals surface area contributed by atoms with E-state index in [9.17, 15) is 0 Å². The molecule has 0 radical (unpaired) electrons. The first-order valence-electron chi connectivity index (χ1n) is 5.08. The summed E-state index contributed by atoms with van der Waals surface area (Å²) in [7, 11) is 3.28. The molecule has 0 aliphatic carbocycles. The van der Waals surface area contributed by atoms with Crippen LogP contribution in [0.2, 0.25) is 0 Å². The Morgan fingerprint density at radius 1 is 1.20 bits per heavy atom.